The Morgan fingerprint density at radius 3 is 2.68 bits per heavy atom. The first kappa shape index (κ1) is 17.0. The second-order valence-corrected chi connectivity index (χ2v) is 5.88. The zero-order valence-corrected chi connectivity index (χ0v) is 14.0. The summed E-state index contributed by atoms with van der Waals surface area (Å²) in [6.45, 7) is 2.99. The molecule has 6 nitrogen and oxygen atoms in total. The number of carbonyl (C=O) groups excluding carboxylic acids is 1. The molecule has 0 unspecified atom stereocenters. The molecule has 2 heterocycles. The van der Waals surface area contributed by atoms with Gasteiger partial charge >= 0.3 is 0 Å². The average molecular weight is 345 g/mol. The van der Waals surface area contributed by atoms with Gasteiger partial charge in [0.1, 0.15) is 12.5 Å². The summed E-state index contributed by atoms with van der Waals surface area (Å²) in [6.07, 6.45) is 3.26. The van der Waals surface area contributed by atoms with Crippen LogP contribution >= 0.6 is 0 Å². The van der Waals surface area contributed by atoms with Gasteiger partial charge in [0, 0.05) is 18.8 Å². The molecule has 0 fully saturated rings. The number of aromatic nitrogens is 1. The molecule has 0 atom stereocenters. The number of hydrogen-bond acceptors (Lipinski definition) is 4. The Morgan fingerprint density at radius 1 is 1.20 bits per heavy atom. The lowest BCUT2D eigenvalue weighted by Crippen LogP contribution is -2.46. The van der Waals surface area contributed by atoms with Crippen molar-refractivity contribution in [3.63, 3.8) is 0 Å². The summed E-state index contributed by atoms with van der Waals surface area (Å²) in [7, 11) is 0. The van der Waals surface area contributed by atoms with Crippen molar-refractivity contribution in [3.05, 3.63) is 63.8 Å². The van der Waals surface area contributed by atoms with Gasteiger partial charge in [-0.1, -0.05) is 25.5 Å². The quantitative estimate of drug-likeness (QED) is 0.816. The number of halogens is 1. The van der Waals surface area contributed by atoms with Crippen molar-refractivity contribution in [2.75, 3.05) is 18.7 Å². The van der Waals surface area contributed by atoms with Gasteiger partial charge in [-0.15, -0.1) is 0 Å². The first-order valence-corrected chi connectivity index (χ1v) is 8.26. The van der Waals surface area contributed by atoms with E-state index in [1.807, 2.05) is 6.92 Å². The molecule has 0 spiro atoms. The molecule has 1 N–H and O–H groups in total. The minimum Gasteiger partial charge on any atom is -0.487 e. The van der Waals surface area contributed by atoms with Gasteiger partial charge in [0.2, 0.25) is 5.43 Å². The molecule has 1 aromatic carbocycles. The summed E-state index contributed by atoms with van der Waals surface area (Å²) < 4.78 is 20.1. The third kappa shape index (κ3) is 3.65. The zero-order chi connectivity index (χ0) is 17.8. The van der Waals surface area contributed by atoms with Crippen LogP contribution in [0.15, 0.2) is 41.3 Å². The third-order valence-electron chi connectivity index (χ3n) is 4.01. The van der Waals surface area contributed by atoms with Gasteiger partial charge < -0.3 is 15.1 Å². The molecule has 1 aliphatic heterocycles. The first-order valence-electron chi connectivity index (χ1n) is 8.26. The number of pyridine rings is 1. The summed E-state index contributed by atoms with van der Waals surface area (Å²) in [5.41, 5.74) is 3.74. The van der Waals surface area contributed by atoms with Gasteiger partial charge in [-0.25, -0.2) is 4.39 Å². The number of ether oxygens (including phenoxy) is 1. The number of hydrogen-bond donors (Lipinski definition) is 1. The van der Waals surface area contributed by atoms with E-state index in [-0.39, 0.29) is 35.3 Å². The van der Waals surface area contributed by atoms with E-state index in [4.69, 9.17) is 4.74 Å². The lowest BCUT2D eigenvalue weighted by Gasteiger charge is -2.31. The Labute approximate surface area is 144 Å². The molecule has 7 heteroatoms. The summed E-state index contributed by atoms with van der Waals surface area (Å²) in [5.74, 6) is -0.556. The van der Waals surface area contributed by atoms with Crippen LogP contribution in [0.4, 0.5) is 4.39 Å². The molecule has 1 aromatic heterocycles. The number of rotatable bonds is 6. The fourth-order valence-corrected chi connectivity index (χ4v) is 2.63. The highest BCUT2D eigenvalue weighted by Crippen LogP contribution is 2.20. The van der Waals surface area contributed by atoms with Crippen LogP contribution in [0.1, 0.15) is 35.8 Å². The Morgan fingerprint density at radius 2 is 1.96 bits per heavy atom. The lowest BCUT2D eigenvalue weighted by molar-refractivity contribution is 0.0707. The van der Waals surface area contributed by atoms with E-state index in [1.165, 1.54) is 29.1 Å². The Kier molecular flexibility index (Phi) is 5.02. The van der Waals surface area contributed by atoms with Crippen LogP contribution in [0.5, 0.6) is 5.75 Å². The number of fused-ring (bicyclic) bond motifs is 1. The second-order valence-electron chi connectivity index (χ2n) is 5.88. The molecule has 3 rings (SSSR count). The monoisotopic (exact) mass is 345 g/mol. The van der Waals surface area contributed by atoms with E-state index < -0.39 is 0 Å². The summed E-state index contributed by atoms with van der Waals surface area (Å²) in [5, 5.41) is 0. The molecule has 1 amide bonds. The topological polar surface area (TPSA) is 63.6 Å². The summed E-state index contributed by atoms with van der Waals surface area (Å²) in [6, 6.07) is 7.35. The van der Waals surface area contributed by atoms with Gasteiger partial charge in [-0.2, -0.15) is 0 Å². The molecular formula is C18H20FN3O3. The Hall–Kier alpha value is -2.83. The number of amides is 1. The van der Waals surface area contributed by atoms with Crippen LogP contribution in [0, 0.1) is 5.82 Å². The van der Waals surface area contributed by atoms with E-state index >= 15 is 0 Å². The van der Waals surface area contributed by atoms with Gasteiger partial charge in [0.05, 0.1) is 6.61 Å². The minimum atomic E-state index is -0.324. The minimum absolute atomic E-state index is 0.0669. The SMILES string of the molecule is CCCCOc1c2n(ccc1=O)NCN(Cc1ccc(F)cc1)C2=O. The maximum absolute atomic E-state index is 13.0. The molecule has 0 saturated carbocycles. The highest BCUT2D eigenvalue weighted by atomic mass is 19.1. The third-order valence-corrected chi connectivity index (χ3v) is 4.01. The summed E-state index contributed by atoms with van der Waals surface area (Å²) >= 11 is 0. The van der Waals surface area contributed by atoms with E-state index in [1.54, 1.807) is 17.0 Å². The fraction of sp³-hybridized carbons (Fsp3) is 0.333. The van der Waals surface area contributed by atoms with Crippen molar-refractivity contribution in [1.82, 2.24) is 9.58 Å². The van der Waals surface area contributed by atoms with Gasteiger partial charge in [0.25, 0.3) is 5.91 Å². The number of carbonyl (C=O) groups is 1. The van der Waals surface area contributed by atoms with Gasteiger partial charge in [0.15, 0.2) is 11.4 Å². The number of nitrogens with zero attached hydrogens (tertiary/aromatic N) is 2. The van der Waals surface area contributed by atoms with Crippen LogP contribution in [0.3, 0.4) is 0 Å². The largest absolute Gasteiger partial charge is 0.487 e. The van der Waals surface area contributed by atoms with E-state index in [9.17, 15) is 14.0 Å². The maximum atomic E-state index is 13.0. The van der Waals surface area contributed by atoms with Crippen molar-refractivity contribution in [1.29, 1.82) is 0 Å². The Bertz CT molecular complexity index is 817. The van der Waals surface area contributed by atoms with E-state index in [0.29, 0.717) is 13.2 Å². The van der Waals surface area contributed by atoms with Crippen LogP contribution in [0.25, 0.3) is 0 Å². The van der Waals surface area contributed by atoms with Gasteiger partial charge in [-0.3, -0.25) is 14.3 Å². The smallest absolute Gasteiger partial charge is 0.278 e. The van der Waals surface area contributed by atoms with Crippen molar-refractivity contribution in [2.45, 2.75) is 26.3 Å². The molecule has 0 saturated heterocycles. The highest BCUT2D eigenvalue weighted by molar-refractivity contribution is 5.96. The predicted octanol–water partition coefficient (Wildman–Crippen LogP) is 2.32. The molecule has 25 heavy (non-hydrogen) atoms. The van der Waals surface area contributed by atoms with Crippen LogP contribution < -0.4 is 15.6 Å². The second kappa shape index (κ2) is 7.38. The van der Waals surface area contributed by atoms with Crippen LogP contribution in [-0.2, 0) is 6.54 Å². The standard InChI is InChI=1S/C18H20FN3O3/c1-2-3-10-25-17-15(23)8-9-22-16(17)18(24)21(12-20-22)11-13-4-6-14(19)7-5-13/h4-9,20H,2-3,10-12H2,1H3. The van der Waals surface area contributed by atoms with Gasteiger partial charge in [-0.05, 0) is 24.1 Å². The van der Waals surface area contributed by atoms with E-state index in [0.717, 1.165) is 18.4 Å². The molecule has 0 aliphatic carbocycles. The zero-order valence-electron chi connectivity index (χ0n) is 14.0. The Balaban J connectivity index is 1.86. The number of nitrogens with one attached hydrogen (secondary N) is 1. The normalized spacial score (nSPS) is 13.4. The molecule has 0 bridgehead atoms. The summed E-state index contributed by atoms with van der Waals surface area (Å²) in [4.78, 5) is 26.6. The highest BCUT2D eigenvalue weighted by Gasteiger charge is 2.29. The van der Waals surface area contributed by atoms with Crippen molar-refractivity contribution in [2.24, 2.45) is 0 Å². The van der Waals surface area contributed by atoms with Crippen LogP contribution in [0.2, 0.25) is 0 Å². The van der Waals surface area contributed by atoms with Crippen LogP contribution in [-0.4, -0.2) is 28.8 Å². The molecular weight excluding hydrogens is 325 g/mol. The molecule has 2 aromatic rings. The van der Waals surface area contributed by atoms with E-state index in [2.05, 4.69) is 5.43 Å². The number of benzene rings is 1. The first-order chi connectivity index (χ1) is 12.1. The predicted molar refractivity (Wildman–Crippen MR) is 91.6 cm³/mol. The van der Waals surface area contributed by atoms with Crippen molar-refractivity contribution < 1.29 is 13.9 Å². The molecule has 1 aliphatic rings. The van der Waals surface area contributed by atoms with Crippen molar-refractivity contribution >= 4 is 5.91 Å². The maximum Gasteiger partial charge on any atom is 0.278 e. The lowest BCUT2D eigenvalue weighted by atomic mass is 10.2. The fourth-order valence-electron chi connectivity index (χ4n) is 2.63. The average Bonchev–Trinajstić information content (AvgIpc) is 2.61. The molecule has 0 radical (unpaired) electrons. The van der Waals surface area contributed by atoms with Crippen molar-refractivity contribution in [3.8, 4) is 5.75 Å². The number of unbranched alkanes of at least 4 members (excludes halogenated alkanes) is 1. The molecule has 132 valence electrons.